The molecule has 19 heavy (non-hydrogen) atoms. The van der Waals surface area contributed by atoms with Gasteiger partial charge in [0.25, 0.3) is 0 Å². The number of carbonyl (C=O) groups excluding carboxylic acids is 2. The van der Waals surface area contributed by atoms with Gasteiger partial charge in [0.1, 0.15) is 5.78 Å². The lowest BCUT2D eigenvalue weighted by atomic mass is 10.0. The first-order chi connectivity index (χ1) is 9.07. The number of rotatable bonds is 11. The molecule has 112 valence electrons. The van der Waals surface area contributed by atoms with Crippen LogP contribution >= 0.6 is 0 Å². The van der Waals surface area contributed by atoms with Crippen LogP contribution in [0.5, 0.6) is 0 Å². The summed E-state index contributed by atoms with van der Waals surface area (Å²) in [6.45, 7) is 10.9. The Morgan fingerprint density at radius 1 is 1.05 bits per heavy atom. The van der Waals surface area contributed by atoms with Crippen molar-refractivity contribution < 1.29 is 14.3 Å². The predicted octanol–water partition coefficient (Wildman–Crippen LogP) is 2.66. The van der Waals surface area contributed by atoms with Crippen LogP contribution in [0.25, 0.3) is 0 Å². The summed E-state index contributed by atoms with van der Waals surface area (Å²) in [7, 11) is 0. The SMILES string of the molecule is CCOC(=O)CCC(=O)CN(CC)CC(CC)CC. The van der Waals surface area contributed by atoms with Gasteiger partial charge in [-0.25, -0.2) is 0 Å². The lowest BCUT2D eigenvalue weighted by molar-refractivity contribution is -0.144. The second-order valence-corrected chi connectivity index (χ2v) is 4.85. The highest BCUT2D eigenvalue weighted by Crippen LogP contribution is 2.10. The summed E-state index contributed by atoms with van der Waals surface area (Å²) in [6.07, 6.45) is 2.78. The molecule has 0 unspecified atom stereocenters. The van der Waals surface area contributed by atoms with E-state index in [9.17, 15) is 9.59 Å². The molecule has 0 aromatic rings. The van der Waals surface area contributed by atoms with Crippen LogP contribution < -0.4 is 0 Å². The molecule has 0 aromatic carbocycles. The fourth-order valence-electron chi connectivity index (χ4n) is 2.02. The molecule has 0 spiro atoms. The topological polar surface area (TPSA) is 46.6 Å². The van der Waals surface area contributed by atoms with Crippen LogP contribution in [0.3, 0.4) is 0 Å². The first-order valence-corrected chi connectivity index (χ1v) is 7.46. The third-order valence-corrected chi connectivity index (χ3v) is 3.43. The van der Waals surface area contributed by atoms with Crippen LogP contribution in [0.1, 0.15) is 53.4 Å². The summed E-state index contributed by atoms with van der Waals surface area (Å²) in [6, 6.07) is 0. The van der Waals surface area contributed by atoms with Crippen molar-refractivity contribution in [2.24, 2.45) is 5.92 Å². The number of hydrogen-bond donors (Lipinski definition) is 0. The molecular weight excluding hydrogens is 242 g/mol. The van der Waals surface area contributed by atoms with Gasteiger partial charge in [-0.2, -0.15) is 0 Å². The van der Waals surface area contributed by atoms with Crippen LogP contribution in [0.4, 0.5) is 0 Å². The Hall–Kier alpha value is -0.900. The molecule has 4 heteroatoms. The van der Waals surface area contributed by atoms with E-state index in [1.807, 2.05) is 0 Å². The number of ketones is 1. The highest BCUT2D eigenvalue weighted by atomic mass is 16.5. The largest absolute Gasteiger partial charge is 0.466 e. The molecule has 4 nitrogen and oxygen atoms in total. The lowest BCUT2D eigenvalue weighted by Gasteiger charge is -2.24. The maximum atomic E-state index is 11.8. The van der Waals surface area contributed by atoms with Gasteiger partial charge in [-0.15, -0.1) is 0 Å². The van der Waals surface area contributed by atoms with Crippen molar-refractivity contribution in [2.45, 2.75) is 53.4 Å². The van der Waals surface area contributed by atoms with Gasteiger partial charge in [-0.05, 0) is 19.4 Å². The molecule has 0 fully saturated rings. The van der Waals surface area contributed by atoms with E-state index < -0.39 is 0 Å². The van der Waals surface area contributed by atoms with Gasteiger partial charge in [0.2, 0.25) is 0 Å². The Balaban J connectivity index is 4.02. The van der Waals surface area contributed by atoms with Crippen LogP contribution in [0, 0.1) is 5.92 Å². The van der Waals surface area contributed by atoms with Crippen molar-refractivity contribution in [2.75, 3.05) is 26.2 Å². The molecule has 0 amide bonds. The van der Waals surface area contributed by atoms with Gasteiger partial charge >= 0.3 is 5.97 Å². The zero-order chi connectivity index (χ0) is 14.7. The molecule has 0 aromatic heterocycles. The Morgan fingerprint density at radius 3 is 2.16 bits per heavy atom. The van der Waals surface area contributed by atoms with Crippen molar-refractivity contribution in [1.82, 2.24) is 4.90 Å². The van der Waals surface area contributed by atoms with E-state index >= 15 is 0 Å². The van der Waals surface area contributed by atoms with E-state index in [2.05, 4.69) is 25.7 Å². The first kappa shape index (κ1) is 18.1. The maximum Gasteiger partial charge on any atom is 0.306 e. The van der Waals surface area contributed by atoms with Crippen LogP contribution in [-0.2, 0) is 14.3 Å². The summed E-state index contributed by atoms with van der Waals surface area (Å²) in [5.41, 5.74) is 0. The Kier molecular flexibility index (Phi) is 10.5. The zero-order valence-corrected chi connectivity index (χ0v) is 12.9. The van der Waals surface area contributed by atoms with Crippen molar-refractivity contribution in [3.8, 4) is 0 Å². The second kappa shape index (κ2) is 11.0. The molecule has 0 saturated heterocycles. The fourth-order valence-corrected chi connectivity index (χ4v) is 2.02. The normalized spacial score (nSPS) is 11.1. The lowest BCUT2D eigenvalue weighted by Crippen LogP contribution is -2.34. The summed E-state index contributed by atoms with van der Waals surface area (Å²) in [4.78, 5) is 25.2. The summed E-state index contributed by atoms with van der Waals surface area (Å²) >= 11 is 0. The highest BCUT2D eigenvalue weighted by Gasteiger charge is 2.14. The van der Waals surface area contributed by atoms with Crippen molar-refractivity contribution in [3.63, 3.8) is 0 Å². The van der Waals surface area contributed by atoms with E-state index in [1.54, 1.807) is 6.92 Å². The Morgan fingerprint density at radius 2 is 1.68 bits per heavy atom. The van der Waals surface area contributed by atoms with Crippen LogP contribution in [0.2, 0.25) is 0 Å². The predicted molar refractivity (Wildman–Crippen MR) is 77.1 cm³/mol. The van der Waals surface area contributed by atoms with E-state index in [0.717, 1.165) is 25.9 Å². The number of hydrogen-bond acceptors (Lipinski definition) is 4. The molecule has 0 aliphatic carbocycles. The number of likely N-dealkylation sites (N-methyl/N-ethyl adjacent to an activating group) is 1. The fraction of sp³-hybridized carbons (Fsp3) is 0.867. The average molecular weight is 271 g/mol. The van der Waals surface area contributed by atoms with Gasteiger partial charge in [-0.3, -0.25) is 14.5 Å². The average Bonchev–Trinajstić information content (AvgIpc) is 2.41. The minimum absolute atomic E-state index is 0.126. The van der Waals surface area contributed by atoms with Gasteiger partial charge in [0, 0.05) is 13.0 Å². The smallest absolute Gasteiger partial charge is 0.306 e. The van der Waals surface area contributed by atoms with E-state index in [0.29, 0.717) is 19.1 Å². The molecule has 0 saturated carbocycles. The van der Waals surface area contributed by atoms with E-state index in [1.165, 1.54) is 0 Å². The minimum atomic E-state index is -0.279. The summed E-state index contributed by atoms with van der Waals surface area (Å²) in [5, 5.41) is 0. The number of Topliss-reactive ketones (excluding diaryl/α,β-unsaturated/α-hetero) is 1. The van der Waals surface area contributed by atoms with Crippen molar-refractivity contribution in [3.05, 3.63) is 0 Å². The van der Waals surface area contributed by atoms with E-state index in [4.69, 9.17) is 4.74 Å². The second-order valence-electron chi connectivity index (χ2n) is 4.85. The highest BCUT2D eigenvalue weighted by molar-refractivity contribution is 5.84. The molecule has 0 radical (unpaired) electrons. The van der Waals surface area contributed by atoms with E-state index in [-0.39, 0.29) is 24.6 Å². The molecule has 0 atom stereocenters. The Bertz CT molecular complexity index is 262. The third-order valence-electron chi connectivity index (χ3n) is 3.43. The van der Waals surface area contributed by atoms with Crippen molar-refractivity contribution in [1.29, 1.82) is 0 Å². The number of ether oxygens (including phenoxy) is 1. The standard InChI is InChI=1S/C15H29NO3/c1-5-13(6-2)11-16(7-3)12-14(17)9-10-15(18)19-8-4/h13H,5-12H2,1-4H3. The molecule has 0 bridgehead atoms. The zero-order valence-electron chi connectivity index (χ0n) is 12.9. The molecule has 0 rings (SSSR count). The summed E-state index contributed by atoms with van der Waals surface area (Å²) in [5.74, 6) is 0.498. The maximum absolute atomic E-state index is 11.8. The number of esters is 1. The van der Waals surface area contributed by atoms with Crippen molar-refractivity contribution >= 4 is 11.8 Å². The third kappa shape index (κ3) is 8.76. The molecule has 0 N–H and O–H groups in total. The van der Waals surface area contributed by atoms with Gasteiger partial charge in [0.15, 0.2) is 0 Å². The van der Waals surface area contributed by atoms with Gasteiger partial charge in [-0.1, -0.05) is 33.6 Å². The minimum Gasteiger partial charge on any atom is -0.466 e. The molecule has 0 aliphatic rings. The van der Waals surface area contributed by atoms with Gasteiger partial charge < -0.3 is 4.74 Å². The quantitative estimate of drug-likeness (QED) is 0.542. The monoisotopic (exact) mass is 271 g/mol. The van der Waals surface area contributed by atoms with Crippen LogP contribution in [-0.4, -0.2) is 42.9 Å². The molecule has 0 aliphatic heterocycles. The summed E-state index contributed by atoms with van der Waals surface area (Å²) < 4.78 is 4.82. The molecule has 0 heterocycles. The Labute approximate surface area is 117 Å². The van der Waals surface area contributed by atoms with Crippen LogP contribution in [0.15, 0.2) is 0 Å². The number of carbonyl (C=O) groups is 2. The molecular formula is C15H29NO3. The number of nitrogens with zero attached hydrogens (tertiary/aromatic N) is 1. The van der Waals surface area contributed by atoms with Gasteiger partial charge in [0.05, 0.1) is 19.6 Å². The first-order valence-electron chi connectivity index (χ1n) is 7.46.